The van der Waals surface area contributed by atoms with Crippen LogP contribution >= 0.6 is 0 Å². The van der Waals surface area contributed by atoms with Crippen molar-refractivity contribution in [2.24, 2.45) is 23.7 Å². The van der Waals surface area contributed by atoms with E-state index >= 15 is 0 Å². The fraction of sp³-hybridized carbons (Fsp3) is 0.615. The van der Waals surface area contributed by atoms with Gasteiger partial charge in [0.1, 0.15) is 6.54 Å². The fourth-order valence-corrected chi connectivity index (χ4v) is 3.51. The Hall–Kier alpha value is -1.65. The van der Waals surface area contributed by atoms with Crippen LogP contribution in [-0.2, 0) is 14.4 Å². The number of likely N-dealkylation sites (N-methyl/N-ethyl adjacent to an activating group) is 1. The molecule has 1 aliphatic heterocycles. The molecule has 0 radical (unpaired) electrons. The Balaban J connectivity index is 1.88. The first-order valence-corrected chi connectivity index (χ1v) is 6.37. The second-order valence-electron chi connectivity index (χ2n) is 5.28. The number of nitrogens with zero attached hydrogens (tertiary/aromatic N) is 1. The van der Waals surface area contributed by atoms with Crippen LogP contribution in [0.3, 0.4) is 0 Å². The normalized spacial score (nSPS) is 37.1. The lowest BCUT2D eigenvalue weighted by Gasteiger charge is -2.38. The summed E-state index contributed by atoms with van der Waals surface area (Å²) < 4.78 is 0. The summed E-state index contributed by atoms with van der Waals surface area (Å²) in [6.45, 7) is -0.138. The number of likely N-dealkylation sites (tertiary alicyclic amines) is 1. The standard InChI is InChI=1S/C13H16N2O3/c1-14-9(16)6-15-12(17)10-7-2-3-8(5-4-7)11(10)13(15)18/h2-3,7-8,10-11H,4-6H2,1H3,(H,14,16). The topological polar surface area (TPSA) is 66.5 Å². The van der Waals surface area contributed by atoms with E-state index in [2.05, 4.69) is 17.5 Å². The average Bonchev–Trinajstić information content (AvgIpc) is 2.67. The first kappa shape index (κ1) is 11.4. The summed E-state index contributed by atoms with van der Waals surface area (Å²) in [5, 5.41) is 2.45. The number of hydrogen-bond acceptors (Lipinski definition) is 3. The van der Waals surface area contributed by atoms with Gasteiger partial charge >= 0.3 is 0 Å². The Morgan fingerprint density at radius 2 is 1.72 bits per heavy atom. The highest BCUT2D eigenvalue weighted by Gasteiger charge is 2.56. The van der Waals surface area contributed by atoms with Crippen molar-refractivity contribution in [3.8, 4) is 0 Å². The molecule has 3 aliphatic carbocycles. The van der Waals surface area contributed by atoms with Gasteiger partial charge in [0, 0.05) is 7.05 Å². The summed E-state index contributed by atoms with van der Waals surface area (Å²) in [6.07, 6.45) is 6.11. The van der Waals surface area contributed by atoms with E-state index in [0.717, 1.165) is 17.7 Å². The largest absolute Gasteiger partial charge is 0.358 e. The van der Waals surface area contributed by atoms with Gasteiger partial charge in [-0.25, -0.2) is 0 Å². The van der Waals surface area contributed by atoms with Gasteiger partial charge in [-0.3, -0.25) is 19.3 Å². The second kappa shape index (κ2) is 3.93. The van der Waals surface area contributed by atoms with E-state index in [1.807, 2.05) is 0 Å². The third-order valence-corrected chi connectivity index (χ3v) is 4.43. The Labute approximate surface area is 105 Å². The Morgan fingerprint density at radius 3 is 2.11 bits per heavy atom. The molecule has 4 atom stereocenters. The van der Waals surface area contributed by atoms with Crippen LogP contribution in [0.1, 0.15) is 12.8 Å². The number of carbonyl (C=O) groups is 3. The maximum atomic E-state index is 12.3. The molecule has 1 saturated carbocycles. The molecule has 0 aromatic heterocycles. The van der Waals surface area contributed by atoms with Crippen molar-refractivity contribution >= 4 is 17.7 Å². The van der Waals surface area contributed by atoms with Gasteiger partial charge in [-0.1, -0.05) is 12.2 Å². The van der Waals surface area contributed by atoms with Crippen LogP contribution in [0.15, 0.2) is 12.2 Å². The quantitative estimate of drug-likeness (QED) is 0.549. The summed E-state index contributed by atoms with van der Waals surface area (Å²) in [4.78, 5) is 37.1. The molecule has 2 fully saturated rings. The van der Waals surface area contributed by atoms with Crippen molar-refractivity contribution in [1.29, 1.82) is 0 Å². The summed E-state index contributed by atoms with van der Waals surface area (Å²) in [7, 11) is 1.51. The zero-order valence-electron chi connectivity index (χ0n) is 10.3. The minimum Gasteiger partial charge on any atom is -0.358 e. The van der Waals surface area contributed by atoms with Crippen LogP contribution in [0, 0.1) is 23.7 Å². The van der Waals surface area contributed by atoms with Gasteiger partial charge in [0.05, 0.1) is 11.8 Å². The Kier molecular flexibility index (Phi) is 2.50. The van der Waals surface area contributed by atoms with E-state index < -0.39 is 0 Å². The summed E-state index contributed by atoms with van der Waals surface area (Å²) in [5.41, 5.74) is 0. The molecule has 96 valence electrons. The lowest BCUT2D eigenvalue weighted by Crippen LogP contribution is -2.40. The van der Waals surface area contributed by atoms with Gasteiger partial charge in [-0.2, -0.15) is 0 Å². The van der Waals surface area contributed by atoms with E-state index in [1.165, 1.54) is 7.05 Å². The van der Waals surface area contributed by atoms with Gasteiger partial charge < -0.3 is 5.32 Å². The summed E-state index contributed by atoms with van der Waals surface area (Å²) >= 11 is 0. The molecule has 1 heterocycles. The van der Waals surface area contributed by atoms with Gasteiger partial charge in [0.25, 0.3) is 0 Å². The van der Waals surface area contributed by atoms with Crippen molar-refractivity contribution < 1.29 is 14.4 Å². The summed E-state index contributed by atoms with van der Waals surface area (Å²) in [5.74, 6) is -0.676. The second-order valence-corrected chi connectivity index (χ2v) is 5.28. The number of rotatable bonds is 2. The predicted molar refractivity (Wildman–Crippen MR) is 63.1 cm³/mol. The highest BCUT2D eigenvalue weighted by Crippen LogP contribution is 2.49. The molecule has 4 aliphatic rings. The molecule has 5 nitrogen and oxygen atoms in total. The molecule has 2 bridgehead atoms. The van der Waals surface area contributed by atoms with Crippen molar-refractivity contribution in [2.75, 3.05) is 13.6 Å². The van der Waals surface area contributed by atoms with Crippen molar-refractivity contribution in [3.05, 3.63) is 12.2 Å². The zero-order chi connectivity index (χ0) is 12.9. The van der Waals surface area contributed by atoms with Crippen LogP contribution in [0.25, 0.3) is 0 Å². The molecule has 4 rings (SSSR count). The molecular weight excluding hydrogens is 232 g/mol. The number of nitrogens with one attached hydrogen (secondary N) is 1. The first-order valence-electron chi connectivity index (χ1n) is 6.37. The van der Waals surface area contributed by atoms with Crippen LogP contribution in [0.2, 0.25) is 0 Å². The minimum absolute atomic E-state index is 0.138. The molecule has 1 N–H and O–H groups in total. The number of allylic oxidation sites excluding steroid dienone is 2. The van der Waals surface area contributed by atoms with Crippen molar-refractivity contribution in [3.63, 3.8) is 0 Å². The lowest BCUT2D eigenvalue weighted by molar-refractivity contribution is -0.143. The van der Waals surface area contributed by atoms with E-state index in [4.69, 9.17) is 0 Å². The third kappa shape index (κ3) is 1.43. The molecular formula is C13H16N2O3. The maximum absolute atomic E-state index is 12.3. The molecule has 1 saturated heterocycles. The molecule has 0 aromatic carbocycles. The van der Waals surface area contributed by atoms with Crippen LogP contribution in [0.4, 0.5) is 0 Å². The molecule has 4 unspecified atom stereocenters. The molecule has 0 spiro atoms. The number of imide groups is 1. The molecule has 5 heteroatoms. The fourth-order valence-electron chi connectivity index (χ4n) is 3.51. The SMILES string of the molecule is CNC(=O)CN1C(=O)C2C3C=CC(CC3)C2C1=O. The number of amides is 3. The monoisotopic (exact) mass is 248 g/mol. The van der Waals surface area contributed by atoms with E-state index in [0.29, 0.717) is 0 Å². The Bertz CT molecular complexity index is 425. The lowest BCUT2D eigenvalue weighted by atomic mass is 9.63. The van der Waals surface area contributed by atoms with E-state index in [9.17, 15) is 14.4 Å². The van der Waals surface area contributed by atoms with Crippen molar-refractivity contribution in [1.82, 2.24) is 10.2 Å². The molecule has 3 amide bonds. The average molecular weight is 248 g/mol. The first-order chi connectivity index (χ1) is 8.63. The molecule has 0 aromatic rings. The number of hydrogen-bond donors (Lipinski definition) is 1. The predicted octanol–water partition coefficient (Wildman–Crippen LogP) is -0.0704. The van der Waals surface area contributed by atoms with Crippen LogP contribution < -0.4 is 5.32 Å². The number of fused-ring (bicyclic) bond motifs is 1. The summed E-state index contributed by atoms with van der Waals surface area (Å²) in [6, 6.07) is 0. The van der Waals surface area contributed by atoms with E-state index in [-0.39, 0.29) is 47.9 Å². The highest BCUT2D eigenvalue weighted by atomic mass is 16.2. The van der Waals surface area contributed by atoms with Gasteiger partial charge in [0.15, 0.2) is 0 Å². The van der Waals surface area contributed by atoms with Crippen molar-refractivity contribution in [2.45, 2.75) is 12.8 Å². The van der Waals surface area contributed by atoms with Gasteiger partial charge in [-0.05, 0) is 24.7 Å². The van der Waals surface area contributed by atoms with E-state index in [1.54, 1.807) is 0 Å². The smallest absolute Gasteiger partial charge is 0.239 e. The Morgan fingerprint density at radius 1 is 1.22 bits per heavy atom. The number of carbonyl (C=O) groups excluding carboxylic acids is 3. The third-order valence-electron chi connectivity index (χ3n) is 4.43. The van der Waals surface area contributed by atoms with Gasteiger partial charge in [0.2, 0.25) is 17.7 Å². The zero-order valence-corrected chi connectivity index (χ0v) is 10.3. The highest BCUT2D eigenvalue weighted by molar-refractivity contribution is 6.08. The van der Waals surface area contributed by atoms with Crippen LogP contribution in [-0.4, -0.2) is 36.2 Å². The minimum atomic E-state index is -0.296. The van der Waals surface area contributed by atoms with Crippen LogP contribution in [0.5, 0.6) is 0 Å². The van der Waals surface area contributed by atoms with Gasteiger partial charge in [-0.15, -0.1) is 0 Å². The maximum Gasteiger partial charge on any atom is 0.239 e. The molecule has 18 heavy (non-hydrogen) atoms.